The number of thiophene rings is 2. The summed E-state index contributed by atoms with van der Waals surface area (Å²) in [5.41, 5.74) is 2.63. The van der Waals surface area contributed by atoms with Gasteiger partial charge in [-0.1, -0.05) is 0 Å². The lowest BCUT2D eigenvalue weighted by Crippen LogP contribution is -2.22. The number of hydrogen-bond donors (Lipinski definition) is 1. The third-order valence-corrected chi connectivity index (χ3v) is 4.63. The number of nitrogens with zero attached hydrogens (tertiary/aromatic N) is 2. The third-order valence-electron chi connectivity index (χ3n) is 2.95. The molecule has 0 unspecified atom stereocenters. The Morgan fingerprint density at radius 3 is 2.81 bits per heavy atom. The number of nitrogens with one attached hydrogen (secondary N) is 1. The van der Waals surface area contributed by atoms with Crippen molar-refractivity contribution in [3.8, 4) is 11.3 Å². The molecule has 0 aliphatic carbocycles. The fourth-order valence-electron chi connectivity index (χ4n) is 1.94. The summed E-state index contributed by atoms with van der Waals surface area (Å²) in [4.78, 5) is 22.6. The van der Waals surface area contributed by atoms with Gasteiger partial charge in [0.1, 0.15) is 0 Å². The number of amides is 1. The zero-order valence-corrected chi connectivity index (χ0v) is 13.0. The molecule has 0 radical (unpaired) electrons. The van der Waals surface area contributed by atoms with Gasteiger partial charge in [-0.25, -0.2) is 0 Å². The molecule has 0 spiro atoms. The molecule has 0 aliphatic rings. The molecular formula is C15H13N3OS2. The summed E-state index contributed by atoms with van der Waals surface area (Å²) in [6.07, 6.45) is 3.31. The Bertz CT molecular complexity index is 750. The van der Waals surface area contributed by atoms with E-state index in [-0.39, 0.29) is 5.91 Å². The van der Waals surface area contributed by atoms with Crippen LogP contribution in [-0.2, 0) is 6.54 Å². The zero-order chi connectivity index (χ0) is 14.7. The van der Waals surface area contributed by atoms with Gasteiger partial charge in [0, 0.05) is 28.2 Å². The second kappa shape index (κ2) is 6.15. The normalized spacial score (nSPS) is 10.5. The van der Waals surface area contributed by atoms with Crippen LogP contribution in [0.4, 0.5) is 0 Å². The second-order valence-corrected chi connectivity index (χ2v) is 6.52. The average Bonchev–Trinajstić information content (AvgIpc) is 3.16. The van der Waals surface area contributed by atoms with Crippen LogP contribution in [-0.4, -0.2) is 15.9 Å². The number of carbonyl (C=O) groups excluding carboxylic acids is 1. The van der Waals surface area contributed by atoms with Crippen LogP contribution in [0.1, 0.15) is 20.2 Å². The Hall–Kier alpha value is -2.05. The van der Waals surface area contributed by atoms with E-state index in [1.165, 1.54) is 11.3 Å². The van der Waals surface area contributed by atoms with Crippen LogP contribution in [0.25, 0.3) is 11.3 Å². The van der Waals surface area contributed by atoms with Crippen LogP contribution in [0, 0.1) is 6.92 Å². The van der Waals surface area contributed by atoms with Crippen LogP contribution in [0.15, 0.2) is 41.4 Å². The van der Waals surface area contributed by atoms with Crippen molar-refractivity contribution in [2.24, 2.45) is 0 Å². The van der Waals surface area contributed by atoms with Gasteiger partial charge in [0.05, 0.1) is 22.8 Å². The van der Waals surface area contributed by atoms with E-state index >= 15 is 0 Å². The molecule has 0 aliphatic heterocycles. The van der Waals surface area contributed by atoms with Crippen LogP contribution >= 0.6 is 22.7 Å². The van der Waals surface area contributed by atoms with Crippen molar-refractivity contribution in [1.82, 2.24) is 15.3 Å². The van der Waals surface area contributed by atoms with E-state index in [9.17, 15) is 4.79 Å². The molecule has 0 bridgehead atoms. The van der Waals surface area contributed by atoms with Gasteiger partial charge in [-0.15, -0.1) is 11.3 Å². The summed E-state index contributed by atoms with van der Waals surface area (Å²) in [6.45, 7) is 2.35. The molecule has 0 saturated heterocycles. The van der Waals surface area contributed by atoms with Crippen LogP contribution in [0.5, 0.6) is 0 Å². The number of aromatic nitrogens is 2. The maximum absolute atomic E-state index is 12.1. The molecule has 0 fully saturated rings. The number of aryl methyl sites for hydroxylation is 1. The van der Waals surface area contributed by atoms with Crippen LogP contribution in [0.2, 0.25) is 0 Å². The maximum Gasteiger partial charge on any atom is 0.261 e. The van der Waals surface area contributed by atoms with Gasteiger partial charge in [0.15, 0.2) is 0 Å². The minimum absolute atomic E-state index is 0.0741. The standard InChI is InChI=1S/C15H13N3OS2/c1-10-2-3-13(21-10)15(19)18-8-12-14(17-6-5-16-12)11-4-7-20-9-11/h2-7,9H,8H2,1H3,(H,18,19). The summed E-state index contributed by atoms with van der Waals surface area (Å²) in [7, 11) is 0. The molecule has 106 valence electrons. The third kappa shape index (κ3) is 3.17. The summed E-state index contributed by atoms with van der Waals surface area (Å²) in [5, 5.41) is 6.93. The quantitative estimate of drug-likeness (QED) is 0.801. The lowest BCUT2D eigenvalue weighted by molar-refractivity contribution is 0.0954. The molecule has 4 nitrogen and oxygen atoms in total. The van der Waals surface area contributed by atoms with E-state index in [2.05, 4.69) is 15.3 Å². The molecule has 0 atom stereocenters. The molecule has 3 aromatic rings. The van der Waals surface area contributed by atoms with E-state index in [4.69, 9.17) is 0 Å². The Morgan fingerprint density at radius 1 is 1.24 bits per heavy atom. The van der Waals surface area contributed by atoms with Gasteiger partial charge in [0.25, 0.3) is 5.91 Å². The molecule has 21 heavy (non-hydrogen) atoms. The smallest absolute Gasteiger partial charge is 0.261 e. The maximum atomic E-state index is 12.1. The predicted molar refractivity (Wildman–Crippen MR) is 85.6 cm³/mol. The summed E-state index contributed by atoms with van der Waals surface area (Å²) >= 11 is 3.10. The van der Waals surface area contributed by atoms with Gasteiger partial charge < -0.3 is 5.32 Å². The van der Waals surface area contributed by atoms with Crippen molar-refractivity contribution < 1.29 is 4.79 Å². The summed E-state index contributed by atoms with van der Waals surface area (Å²) < 4.78 is 0. The zero-order valence-electron chi connectivity index (χ0n) is 11.4. The first-order valence-electron chi connectivity index (χ1n) is 6.41. The lowest BCUT2D eigenvalue weighted by Gasteiger charge is -2.07. The average molecular weight is 315 g/mol. The molecule has 3 heterocycles. The highest BCUT2D eigenvalue weighted by Gasteiger charge is 2.11. The fraction of sp³-hybridized carbons (Fsp3) is 0.133. The first-order chi connectivity index (χ1) is 10.2. The Morgan fingerprint density at radius 2 is 2.10 bits per heavy atom. The number of carbonyl (C=O) groups is 1. The van der Waals surface area contributed by atoms with E-state index in [1.54, 1.807) is 23.7 Å². The van der Waals surface area contributed by atoms with Crippen molar-refractivity contribution in [2.75, 3.05) is 0 Å². The summed E-state index contributed by atoms with van der Waals surface area (Å²) in [6, 6.07) is 5.78. The Balaban J connectivity index is 1.75. The Kier molecular flexibility index (Phi) is 4.08. The number of rotatable bonds is 4. The molecule has 6 heteroatoms. The highest BCUT2D eigenvalue weighted by molar-refractivity contribution is 7.13. The molecule has 0 aromatic carbocycles. The van der Waals surface area contributed by atoms with E-state index in [0.29, 0.717) is 11.4 Å². The molecule has 1 N–H and O–H groups in total. The van der Waals surface area contributed by atoms with Crippen molar-refractivity contribution in [3.63, 3.8) is 0 Å². The minimum atomic E-state index is -0.0741. The topological polar surface area (TPSA) is 54.9 Å². The molecule has 3 aromatic heterocycles. The predicted octanol–water partition coefficient (Wildman–Crippen LogP) is 3.51. The van der Waals surface area contributed by atoms with E-state index in [0.717, 1.165) is 21.8 Å². The first kappa shape index (κ1) is 13.9. The monoisotopic (exact) mass is 315 g/mol. The summed E-state index contributed by atoms with van der Waals surface area (Å²) in [5.74, 6) is -0.0741. The van der Waals surface area contributed by atoms with E-state index in [1.807, 2.05) is 35.9 Å². The first-order valence-corrected chi connectivity index (χ1v) is 8.17. The van der Waals surface area contributed by atoms with Crippen molar-refractivity contribution in [1.29, 1.82) is 0 Å². The molecular weight excluding hydrogens is 302 g/mol. The minimum Gasteiger partial charge on any atom is -0.346 e. The van der Waals surface area contributed by atoms with Gasteiger partial charge in [-0.3, -0.25) is 14.8 Å². The molecule has 1 amide bonds. The lowest BCUT2D eigenvalue weighted by atomic mass is 10.2. The second-order valence-electron chi connectivity index (χ2n) is 4.46. The fourth-order valence-corrected chi connectivity index (χ4v) is 3.37. The SMILES string of the molecule is Cc1ccc(C(=O)NCc2nccnc2-c2ccsc2)s1. The van der Waals surface area contributed by atoms with Crippen LogP contribution in [0.3, 0.4) is 0 Å². The Labute approximate surface area is 130 Å². The van der Waals surface area contributed by atoms with Gasteiger partial charge in [-0.2, -0.15) is 11.3 Å². The van der Waals surface area contributed by atoms with Gasteiger partial charge in [-0.05, 0) is 30.5 Å². The molecule has 0 saturated carbocycles. The number of hydrogen-bond acceptors (Lipinski definition) is 5. The van der Waals surface area contributed by atoms with Gasteiger partial charge >= 0.3 is 0 Å². The molecule has 3 rings (SSSR count). The highest BCUT2D eigenvalue weighted by atomic mass is 32.1. The van der Waals surface area contributed by atoms with Crippen LogP contribution < -0.4 is 5.32 Å². The van der Waals surface area contributed by atoms with Crippen molar-refractivity contribution in [2.45, 2.75) is 13.5 Å². The van der Waals surface area contributed by atoms with Crippen molar-refractivity contribution in [3.05, 3.63) is 56.8 Å². The highest BCUT2D eigenvalue weighted by Crippen LogP contribution is 2.22. The largest absolute Gasteiger partial charge is 0.346 e. The van der Waals surface area contributed by atoms with E-state index < -0.39 is 0 Å². The van der Waals surface area contributed by atoms with Crippen molar-refractivity contribution >= 4 is 28.6 Å². The van der Waals surface area contributed by atoms with Gasteiger partial charge in [0.2, 0.25) is 0 Å².